The lowest BCUT2D eigenvalue weighted by atomic mass is 10.2. The summed E-state index contributed by atoms with van der Waals surface area (Å²) in [5.74, 6) is 1.51. The van der Waals surface area contributed by atoms with Gasteiger partial charge in [0, 0.05) is 28.4 Å². The molecule has 0 aliphatic carbocycles. The molecule has 0 saturated carbocycles. The molecule has 25 heavy (non-hydrogen) atoms. The molecule has 1 aromatic heterocycles. The van der Waals surface area contributed by atoms with Gasteiger partial charge in [0.05, 0.1) is 17.3 Å². The maximum atomic E-state index is 12.5. The third-order valence-corrected chi connectivity index (χ3v) is 5.88. The van der Waals surface area contributed by atoms with Crippen LogP contribution in [0, 0.1) is 0 Å². The number of aryl methyl sites for hydroxylation is 1. The van der Waals surface area contributed by atoms with Crippen molar-refractivity contribution in [3.8, 4) is 5.75 Å². The predicted molar refractivity (Wildman–Crippen MR) is 109 cm³/mol. The SMILES string of the molecule is COc1ccc2sc(=NC(=O)c3ccc(Br)cc3)n(CCSC)c2c1. The number of hydrogen-bond donors (Lipinski definition) is 0. The van der Waals surface area contributed by atoms with Crippen molar-refractivity contribution in [1.29, 1.82) is 0 Å². The molecule has 0 N–H and O–H groups in total. The van der Waals surface area contributed by atoms with E-state index in [0.717, 1.165) is 32.7 Å². The first kappa shape index (κ1) is 18.2. The van der Waals surface area contributed by atoms with E-state index in [2.05, 4.69) is 31.7 Å². The number of carbonyl (C=O) groups excluding carboxylic acids is 1. The number of thiazole rings is 1. The van der Waals surface area contributed by atoms with E-state index in [0.29, 0.717) is 10.4 Å². The maximum absolute atomic E-state index is 12.5. The quantitative estimate of drug-likeness (QED) is 0.587. The van der Waals surface area contributed by atoms with Crippen LogP contribution in [0.4, 0.5) is 0 Å². The summed E-state index contributed by atoms with van der Waals surface area (Å²) in [6.45, 7) is 0.792. The number of carbonyl (C=O) groups is 1. The number of benzene rings is 2. The summed E-state index contributed by atoms with van der Waals surface area (Å²) in [5.41, 5.74) is 1.62. The first-order chi connectivity index (χ1) is 12.1. The number of aromatic nitrogens is 1. The molecule has 0 saturated heterocycles. The fraction of sp³-hybridized carbons (Fsp3) is 0.222. The third kappa shape index (κ3) is 4.16. The highest BCUT2D eigenvalue weighted by Gasteiger charge is 2.10. The number of hydrogen-bond acceptors (Lipinski definition) is 4. The lowest BCUT2D eigenvalue weighted by Crippen LogP contribution is -2.18. The van der Waals surface area contributed by atoms with Gasteiger partial charge < -0.3 is 9.30 Å². The van der Waals surface area contributed by atoms with Gasteiger partial charge in [0.25, 0.3) is 5.91 Å². The van der Waals surface area contributed by atoms with Crippen LogP contribution in [-0.2, 0) is 6.54 Å². The Morgan fingerprint density at radius 1 is 1.28 bits per heavy atom. The normalized spacial score (nSPS) is 11.9. The number of methoxy groups -OCH3 is 1. The molecule has 7 heteroatoms. The third-order valence-electron chi connectivity index (χ3n) is 3.70. The average Bonchev–Trinajstić information content (AvgIpc) is 2.96. The Kier molecular flexibility index (Phi) is 5.98. The average molecular weight is 437 g/mol. The Labute approximate surface area is 162 Å². The molecule has 0 radical (unpaired) electrons. The molecule has 130 valence electrons. The van der Waals surface area contributed by atoms with Gasteiger partial charge in [-0.25, -0.2) is 0 Å². The van der Waals surface area contributed by atoms with E-state index in [9.17, 15) is 4.79 Å². The van der Waals surface area contributed by atoms with E-state index in [1.54, 1.807) is 31.0 Å². The minimum atomic E-state index is -0.232. The number of thioether (sulfide) groups is 1. The maximum Gasteiger partial charge on any atom is 0.279 e. The van der Waals surface area contributed by atoms with Crippen molar-refractivity contribution in [2.45, 2.75) is 6.54 Å². The Balaban J connectivity index is 2.09. The molecule has 0 spiro atoms. The van der Waals surface area contributed by atoms with E-state index in [1.807, 2.05) is 30.3 Å². The van der Waals surface area contributed by atoms with Crippen LogP contribution < -0.4 is 9.54 Å². The van der Waals surface area contributed by atoms with Crippen molar-refractivity contribution >= 4 is 55.2 Å². The van der Waals surface area contributed by atoms with Crippen molar-refractivity contribution in [2.24, 2.45) is 4.99 Å². The van der Waals surface area contributed by atoms with Crippen LogP contribution in [0.2, 0.25) is 0 Å². The molecular weight excluding hydrogens is 420 g/mol. The van der Waals surface area contributed by atoms with Gasteiger partial charge in [-0.2, -0.15) is 16.8 Å². The van der Waals surface area contributed by atoms with Crippen LogP contribution in [0.15, 0.2) is 51.9 Å². The summed E-state index contributed by atoms with van der Waals surface area (Å²) in [7, 11) is 1.65. The van der Waals surface area contributed by atoms with E-state index < -0.39 is 0 Å². The van der Waals surface area contributed by atoms with Crippen molar-refractivity contribution in [1.82, 2.24) is 4.57 Å². The Morgan fingerprint density at radius 2 is 2.04 bits per heavy atom. The molecule has 4 nitrogen and oxygen atoms in total. The number of amides is 1. The van der Waals surface area contributed by atoms with E-state index >= 15 is 0 Å². The number of ether oxygens (including phenoxy) is 1. The molecular formula is C18H17BrN2O2S2. The summed E-state index contributed by atoms with van der Waals surface area (Å²) in [4.78, 5) is 17.6. The van der Waals surface area contributed by atoms with Crippen LogP contribution in [0.25, 0.3) is 10.2 Å². The fourth-order valence-electron chi connectivity index (χ4n) is 2.40. The zero-order chi connectivity index (χ0) is 17.8. The summed E-state index contributed by atoms with van der Waals surface area (Å²) in [6.07, 6.45) is 2.07. The van der Waals surface area contributed by atoms with E-state index in [4.69, 9.17) is 4.74 Å². The second-order valence-corrected chi connectivity index (χ2v) is 8.20. The smallest absolute Gasteiger partial charge is 0.279 e. The van der Waals surface area contributed by atoms with E-state index in [1.165, 1.54) is 11.3 Å². The lowest BCUT2D eigenvalue weighted by molar-refractivity contribution is 0.0998. The summed E-state index contributed by atoms with van der Waals surface area (Å²) in [6, 6.07) is 13.2. The Bertz CT molecular complexity index is 961. The zero-order valence-corrected chi connectivity index (χ0v) is 17.1. The second-order valence-electron chi connectivity index (χ2n) is 5.29. The largest absolute Gasteiger partial charge is 0.497 e. The number of fused-ring (bicyclic) bond motifs is 1. The van der Waals surface area contributed by atoms with Gasteiger partial charge in [-0.05, 0) is 42.7 Å². The van der Waals surface area contributed by atoms with Gasteiger partial charge in [0.15, 0.2) is 4.80 Å². The fourth-order valence-corrected chi connectivity index (χ4v) is 4.07. The molecule has 1 amide bonds. The molecule has 2 aromatic carbocycles. The Morgan fingerprint density at radius 3 is 2.72 bits per heavy atom. The van der Waals surface area contributed by atoms with Crippen LogP contribution in [0.3, 0.4) is 0 Å². The van der Waals surface area contributed by atoms with Crippen molar-refractivity contribution in [2.75, 3.05) is 19.1 Å². The number of rotatable bonds is 5. The predicted octanol–water partition coefficient (Wildman–Crippen LogP) is 4.58. The number of halogens is 1. The van der Waals surface area contributed by atoms with Gasteiger partial charge in [-0.1, -0.05) is 27.3 Å². The molecule has 3 aromatic rings. The molecule has 0 fully saturated rings. The van der Waals surface area contributed by atoms with Gasteiger partial charge >= 0.3 is 0 Å². The summed E-state index contributed by atoms with van der Waals surface area (Å²) >= 11 is 6.67. The zero-order valence-electron chi connectivity index (χ0n) is 13.9. The highest BCUT2D eigenvalue weighted by atomic mass is 79.9. The molecule has 0 bridgehead atoms. The van der Waals surface area contributed by atoms with Crippen molar-refractivity contribution in [3.05, 3.63) is 57.3 Å². The second kappa shape index (κ2) is 8.21. The molecule has 0 atom stereocenters. The van der Waals surface area contributed by atoms with Gasteiger partial charge in [-0.15, -0.1) is 0 Å². The molecule has 1 heterocycles. The van der Waals surface area contributed by atoms with Crippen LogP contribution in [0.5, 0.6) is 5.75 Å². The standard InChI is InChI=1S/C18H17BrN2O2S2/c1-23-14-7-8-16-15(11-14)21(9-10-24-2)18(25-16)20-17(22)12-3-5-13(19)6-4-12/h3-8,11H,9-10H2,1-2H3. The molecule has 0 unspecified atom stereocenters. The summed E-state index contributed by atoms with van der Waals surface area (Å²) in [5, 5.41) is 0. The van der Waals surface area contributed by atoms with Crippen molar-refractivity contribution in [3.63, 3.8) is 0 Å². The molecule has 0 aliphatic rings. The molecule has 0 aliphatic heterocycles. The molecule has 3 rings (SSSR count). The highest BCUT2D eigenvalue weighted by Crippen LogP contribution is 2.23. The van der Waals surface area contributed by atoms with Crippen LogP contribution in [0.1, 0.15) is 10.4 Å². The van der Waals surface area contributed by atoms with Gasteiger partial charge in [-0.3, -0.25) is 4.79 Å². The first-order valence-electron chi connectivity index (χ1n) is 7.63. The van der Waals surface area contributed by atoms with Gasteiger partial charge in [0.1, 0.15) is 5.75 Å². The lowest BCUT2D eigenvalue weighted by Gasteiger charge is -2.05. The summed E-state index contributed by atoms with van der Waals surface area (Å²) < 4.78 is 9.46. The van der Waals surface area contributed by atoms with E-state index in [-0.39, 0.29) is 5.91 Å². The van der Waals surface area contributed by atoms with Crippen molar-refractivity contribution < 1.29 is 9.53 Å². The highest BCUT2D eigenvalue weighted by molar-refractivity contribution is 9.10. The minimum absolute atomic E-state index is 0.232. The van der Waals surface area contributed by atoms with Crippen LogP contribution in [-0.4, -0.2) is 29.6 Å². The Hall–Kier alpha value is -1.57. The monoisotopic (exact) mass is 436 g/mol. The first-order valence-corrected chi connectivity index (χ1v) is 10.6. The van der Waals surface area contributed by atoms with Gasteiger partial charge in [0.2, 0.25) is 0 Å². The van der Waals surface area contributed by atoms with Crippen LogP contribution >= 0.6 is 39.0 Å². The minimum Gasteiger partial charge on any atom is -0.497 e. The topological polar surface area (TPSA) is 43.6 Å². The number of nitrogens with zero attached hydrogens (tertiary/aromatic N) is 2.